The number of benzene rings is 1. The molecule has 1 aromatic carbocycles. The summed E-state index contributed by atoms with van der Waals surface area (Å²) >= 11 is 0. The Labute approximate surface area is 89.1 Å². The third kappa shape index (κ3) is 4.14. The molecule has 0 bridgehead atoms. The van der Waals surface area contributed by atoms with Crippen LogP contribution in [0.25, 0.3) is 0 Å². The summed E-state index contributed by atoms with van der Waals surface area (Å²) in [5, 5.41) is 8.52. The van der Waals surface area contributed by atoms with Gasteiger partial charge in [0.1, 0.15) is 6.04 Å². The number of carboxylic acids is 1. The van der Waals surface area contributed by atoms with Crippen LogP contribution in [0.15, 0.2) is 30.3 Å². The van der Waals surface area contributed by atoms with Crippen LogP contribution in [0, 0.1) is 0 Å². The minimum absolute atomic E-state index is 0. The van der Waals surface area contributed by atoms with E-state index < -0.39 is 12.0 Å². The summed E-state index contributed by atoms with van der Waals surface area (Å²) < 4.78 is 0. The Hall–Kier alpha value is -0.753. The normalized spacial score (nSPS) is 11.5. The minimum atomic E-state index is -0.959. The molecule has 1 atom stereocenters. The molecule has 0 aromatic heterocycles. The number of aliphatic carboxylic acids is 1. The number of hydrogen-bond donors (Lipinski definition) is 2. The second-order valence-electron chi connectivity index (χ2n) is 2.63. The second kappa shape index (κ2) is 5.82. The van der Waals surface area contributed by atoms with Crippen molar-refractivity contribution in [2.45, 2.75) is 12.5 Å². The first-order valence-corrected chi connectivity index (χ1v) is 3.72. The van der Waals surface area contributed by atoms with Gasteiger partial charge in [-0.1, -0.05) is 30.3 Å². The molecule has 0 heterocycles. The number of carbonyl (C=O) groups is 1. The molecule has 0 aliphatic heterocycles. The second-order valence-corrected chi connectivity index (χ2v) is 2.63. The molecule has 13 heavy (non-hydrogen) atoms. The third-order valence-corrected chi connectivity index (χ3v) is 1.62. The van der Waals surface area contributed by atoms with Crippen molar-refractivity contribution in [1.82, 2.24) is 0 Å². The van der Waals surface area contributed by atoms with Crippen molar-refractivity contribution >= 4 is 24.8 Å². The predicted octanol–water partition coefficient (Wildman–Crippen LogP) is -0.00750. The van der Waals surface area contributed by atoms with Gasteiger partial charge in [-0.15, -0.1) is 0 Å². The summed E-state index contributed by atoms with van der Waals surface area (Å²) in [6.07, 6.45) is 0.385. The molecule has 0 aliphatic rings. The van der Waals surface area contributed by atoms with Gasteiger partial charge in [-0.25, -0.2) is 0 Å². The van der Waals surface area contributed by atoms with Crippen molar-refractivity contribution in [3.8, 4) is 0 Å². The maximum absolute atomic E-state index is 10.4. The zero-order chi connectivity index (χ0) is 8.97. The fourth-order valence-electron chi connectivity index (χ4n) is 0.955. The number of nitrogens with two attached hydrogens (primary N) is 1. The first kappa shape index (κ1) is 12.2. The van der Waals surface area contributed by atoms with Crippen molar-refractivity contribution in [1.29, 1.82) is 0 Å². The monoisotopic (exact) mass is 173 g/mol. The van der Waals surface area contributed by atoms with E-state index in [0.29, 0.717) is 6.42 Å². The van der Waals surface area contributed by atoms with Crippen LogP contribution in [-0.4, -0.2) is 36.0 Å². The van der Waals surface area contributed by atoms with E-state index in [0.717, 1.165) is 5.56 Å². The van der Waals surface area contributed by atoms with E-state index in [1.54, 1.807) is 0 Å². The maximum atomic E-state index is 10.4. The summed E-state index contributed by atoms with van der Waals surface area (Å²) in [7, 11) is 0. The number of carboxylic acid groups (broad SMARTS) is 1. The molecule has 3 nitrogen and oxygen atoms in total. The molecule has 0 saturated carbocycles. The predicted molar refractivity (Wildman–Crippen MR) is 52.9 cm³/mol. The average Bonchev–Trinajstić information content (AvgIpc) is 2.06. The zero-order valence-electron chi connectivity index (χ0n) is 6.60. The van der Waals surface area contributed by atoms with E-state index in [1.165, 1.54) is 0 Å². The van der Waals surface area contributed by atoms with Crippen LogP contribution in [0.3, 0.4) is 0 Å². The Balaban J connectivity index is 0.00000144. The van der Waals surface area contributed by atoms with Crippen LogP contribution in [0.4, 0.5) is 0 Å². The Bertz CT molecular complexity index is 264. The molecule has 0 radical (unpaired) electrons. The van der Waals surface area contributed by atoms with Crippen molar-refractivity contribution in [3.05, 3.63) is 35.9 Å². The molecule has 0 amide bonds. The summed E-state index contributed by atoms with van der Waals surface area (Å²) in [5.74, 6) is -0.959. The van der Waals surface area contributed by atoms with E-state index >= 15 is 0 Å². The molecule has 1 rings (SSSR count). The van der Waals surface area contributed by atoms with Gasteiger partial charge in [-0.3, -0.25) is 4.79 Å². The van der Waals surface area contributed by atoms with E-state index in [9.17, 15) is 4.79 Å². The fourth-order valence-corrected chi connectivity index (χ4v) is 0.955. The molecule has 0 aliphatic carbocycles. The Morgan fingerprint density at radius 2 is 1.92 bits per heavy atom. The summed E-state index contributed by atoms with van der Waals surface area (Å²) in [4.78, 5) is 10.4. The summed E-state index contributed by atoms with van der Waals surface area (Å²) in [5.41, 5.74) is 6.30. The van der Waals surface area contributed by atoms with Gasteiger partial charge < -0.3 is 10.8 Å². The quantitative estimate of drug-likeness (QED) is 0.632. The SMILES string of the molecule is N[C@H](Cc1ccccc1)C(=O)O.[LiH]. The van der Waals surface area contributed by atoms with Gasteiger partial charge in [0.05, 0.1) is 0 Å². The molecule has 3 N–H and O–H groups in total. The van der Waals surface area contributed by atoms with Crippen molar-refractivity contribution < 1.29 is 9.90 Å². The van der Waals surface area contributed by atoms with Crippen LogP contribution in [0.1, 0.15) is 5.56 Å². The van der Waals surface area contributed by atoms with Gasteiger partial charge in [-0.05, 0) is 12.0 Å². The molecular formula is C9H12LiNO2. The van der Waals surface area contributed by atoms with Crippen molar-refractivity contribution in [2.24, 2.45) is 5.73 Å². The third-order valence-electron chi connectivity index (χ3n) is 1.62. The Morgan fingerprint density at radius 3 is 2.38 bits per heavy atom. The van der Waals surface area contributed by atoms with Crippen LogP contribution in [0.5, 0.6) is 0 Å². The van der Waals surface area contributed by atoms with Gasteiger partial charge in [0.2, 0.25) is 0 Å². The molecule has 0 saturated heterocycles. The van der Waals surface area contributed by atoms with Gasteiger partial charge in [0.25, 0.3) is 0 Å². The molecule has 66 valence electrons. The summed E-state index contributed by atoms with van der Waals surface area (Å²) in [6.45, 7) is 0. The van der Waals surface area contributed by atoms with E-state index in [2.05, 4.69) is 0 Å². The topological polar surface area (TPSA) is 63.3 Å². The standard InChI is InChI=1S/C9H11NO2.Li.H/c10-8(9(11)12)6-7-4-2-1-3-5-7;;/h1-5,8H,6,10H2,(H,11,12);;/t8-;;/m1../s1. The average molecular weight is 173 g/mol. The van der Waals surface area contributed by atoms with E-state index in [-0.39, 0.29) is 18.9 Å². The Kier molecular flexibility index (Phi) is 5.48. The van der Waals surface area contributed by atoms with E-state index in [4.69, 9.17) is 10.8 Å². The van der Waals surface area contributed by atoms with Gasteiger partial charge in [-0.2, -0.15) is 0 Å². The first-order valence-electron chi connectivity index (χ1n) is 3.72. The van der Waals surface area contributed by atoms with Gasteiger partial charge in [0.15, 0.2) is 0 Å². The van der Waals surface area contributed by atoms with Crippen LogP contribution < -0.4 is 5.73 Å². The molecule has 0 fully saturated rings. The van der Waals surface area contributed by atoms with Gasteiger partial charge in [0, 0.05) is 0 Å². The number of rotatable bonds is 3. The molecule has 0 unspecified atom stereocenters. The zero-order valence-corrected chi connectivity index (χ0v) is 6.60. The molecule has 0 spiro atoms. The van der Waals surface area contributed by atoms with Crippen molar-refractivity contribution in [3.63, 3.8) is 0 Å². The molecular weight excluding hydrogens is 161 g/mol. The summed E-state index contributed by atoms with van der Waals surface area (Å²) in [6, 6.07) is 8.54. The van der Waals surface area contributed by atoms with Crippen LogP contribution in [0.2, 0.25) is 0 Å². The van der Waals surface area contributed by atoms with Crippen LogP contribution in [-0.2, 0) is 11.2 Å². The Morgan fingerprint density at radius 1 is 1.38 bits per heavy atom. The fraction of sp³-hybridized carbons (Fsp3) is 0.222. The van der Waals surface area contributed by atoms with Crippen LogP contribution >= 0.6 is 0 Å². The van der Waals surface area contributed by atoms with Crippen molar-refractivity contribution in [2.75, 3.05) is 0 Å². The molecule has 4 heteroatoms. The van der Waals surface area contributed by atoms with E-state index in [1.807, 2.05) is 30.3 Å². The molecule has 1 aromatic rings. The van der Waals surface area contributed by atoms with Gasteiger partial charge >= 0.3 is 24.8 Å². The number of hydrogen-bond acceptors (Lipinski definition) is 2. The first-order chi connectivity index (χ1) is 5.70.